The van der Waals surface area contributed by atoms with Crippen LogP contribution in [-0.4, -0.2) is 36.4 Å². The van der Waals surface area contributed by atoms with Gasteiger partial charge in [-0.15, -0.1) is 11.3 Å². The highest BCUT2D eigenvalue weighted by atomic mass is 35.5. The smallest absolute Gasteiger partial charge is 0.329 e. The predicted octanol–water partition coefficient (Wildman–Crippen LogP) is 4.61. The van der Waals surface area contributed by atoms with Gasteiger partial charge < -0.3 is 15.4 Å². The number of imide groups is 1. The van der Waals surface area contributed by atoms with Crippen molar-refractivity contribution in [3.8, 4) is 16.2 Å². The number of carbonyl (C=O) groups is 3. The molecule has 4 rings (SSSR count). The zero-order valence-corrected chi connectivity index (χ0v) is 18.5. The van der Waals surface area contributed by atoms with Gasteiger partial charge in [0, 0.05) is 20.5 Å². The highest BCUT2D eigenvalue weighted by Crippen LogP contribution is 2.31. The largest absolute Gasteiger partial charge is 0.497 e. The molecule has 0 spiro atoms. The molecule has 0 atom stereocenters. The maximum Gasteiger partial charge on any atom is 0.329 e. The Morgan fingerprint density at radius 1 is 1.09 bits per heavy atom. The van der Waals surface area contributed by atoms with E-state index in [4.69, 9.17) is 16.3 Å². The number of rotatable bonds is 6. The fourth-order valence-corrected chi connectivity index (χ4v) is 4.16. The first kappa shape index (κ1) is 21.6. The van der Waals surface area contributed by atoms with Crippen LogP contribution in [0.5, 0.6) is 5.75 Å². The summed E-state index contributed by atoms with van der Waals surface area (Å²) >= 11 is 7.30. The lowest BCUT2D eigenvalue weighted by molar-refractivity contribution is -0.127. The normalized spacial score (nSPS) is 14.6. The second-order valence-corrected chi connectivity index (χ2v) is 8.42. The number of urea groups is 1. The molecule has 1 aromatic heterocycles. The molecule has 2 heterocycles. The van der Waals surface area contributed by atoms with Crippen molar-refractivity contribution < 1.29 is 19.1 Å². The zero-order chi connectivity index (χ0) is 22.7. The van der Waals surface area contributed by atoms with Gasteiger partial charge in [-0.25, -0.2) is 9.69 Å². The molecule has 0 aliphatic carbocycles. The van der Waals surface area contributed by atoms with Crippen molar-refractivity contribution in [3.05, 3.63) is 76.3 Å². The molecular formula is C23H18ClN3O4S. The van der Waals surface area contributed by atoms with Crippen molar-refractivity contribution in [2.24, 2.45) is 0 Å². The summed E-state index contributed by atoms with van der Waals surface area (Å²) in [5, 5.41) is 5.71. The minimum Gasteiger partial charge on any atom is -0.497 e. The maximum atomic E-state index is 12.7. The molecule has 9 heteroatoms. The number of hydrogen-bond acceptors (Lipinski definition) is 5. The van der Waals surface area contributed by atoms with E-state index in [1.54, 1.807) is 37.5 Å². The van der Waals surface area contributed by atoms with Crippen LogP contribution >= 0.6 is 22.9 Å². The molecule has 7 nitrogen and oxygen atoms in total. The summed E-state index contributed by atoms with van der Waals surface area (Å²) in [4.78, 5) is 39.9. The van der Waals surface area contributed by atoms with Crippen LogP contribution in [0, 0.1) is 0 Å². The van der Waals surface area contributed by atoms with Crippen molar-refractivity contribution in [3.63, 3.8) is 0 Å². The maximum absolute atomic E-state index is 12.7. The average Bonchev–Trinajstić information content (AvgIpc) is 3.36. The fourth-order valence-electron chi connectivity index (χ4n) is 3.08. The highest BCUT2D eigenvalue weighted by Gasteiger charge is 2.35. The number of methoxy groups -OCH3 is 1. The van der Waals surface area contributed by atoms with Crippen LogP contribution in [0.25, 0.3) is 16.5 Å². The lowest BCUT2D eigenvalue weighted by Crippen LogP contribution is -2.38. The first-order valence-electron chi connectivity index (χ1n) is 9.57. The average molecular weight is 468 g/mol. The molecule has 32 heavy (non-hydrogen) atoms. The number of nitrogens with zero attached hydrogens (tertiary/aromatic N) is 1. The van der Waals surface area contributed by atoms with Crippen LogP contribution in [0.2, 0.25) is 5.02 Å². The van der Waals surface area contributed by atoms with Crippen LogP contribution in [-0.2, 0) is 9.59 Å². The Hall–Kier alpha value is -3.62. The van der Waals surface area contributed by atoms with Crippen molar-refractivity contribution in [2.45, 2.75) is 0 Å². The summed E-state index contributed by atoms with van der Waals surface area (Å²) < 4.78 is 5.17. The third-order valence-corrected chi connectivity index (χ3v) is 6.01. The standard InChI is InChI=1S/C23H18ClN3O4S/c1-31-17-8-2-14(3-9-17)20-11-10-18(32-20)12-19-22(29)27(23(30)26-19)13-21(28)25-16-6-4-15(24)5-7-16/h2-12H,13H2,1H3,(H,25,28)(H,26,30)/b19-12-. The van der Waals surface area contributed by atoms with Gasteiger partial charge in [0.05, 0.1) is 7.11 Å². The van der Waals surface area contributed by atoms with E-state index in [0.29, 0.717) is 10.7 Å². The molecule has 2 N–H and O–H groups in total. The van der Waals surface area contributed by atoms with Crippen LogP contribution in [0.1, 0.15) is 4.88 Å². The number of amides is 4. The lowest BCUT2D eigenvalue weighted by atomic mass is 10.2. The number of hydrogen-bond donors (Lipinski definition) is 2. The quantitative estimate of drug-likeness (QED) is 0.409. The zero-order valence-electron chi connectivity index (χ0n) is 16.9. The van der Waals surface area contributed by atoms with Gasteiger partial charge in [0.2, 0.25) is 5.91 Å². The van der Waals surface area contributed by atoms with E-state index < -0.39 is 24.4 Å². The molecule has 2 aromatic carbocycles. The molecule has 1 fully saturated rings. The van der Waals surface area contributed by atoms with E-state index in [1.807, 2.05) is 36.4 Å². The Bertz CT molecular complexity index is 1200. The number of benzene rings is 2. The highest BCUT2D eigenvalue weighted by molar-refractivity contribution is 7.16. The SMILES string of the molecule is COc1ccc(-c2ccc(/C=C3\NC(=O)N(CC(=O)Nc4ccc(Cl)cc4)C3=O)s2)cc1. The number of ether oxygens (including phenoxy) is 1. The third kappa shape index (κ3) is 4.82. The number of halogens is 1. The van der Waals surface area contributed by atoms with E-state index >= 15 is 0 Å². The van der Waals surface area contributed by atoms with Gasteiger partial charge in [-0.05, 0) is 72.3 Å². The first-order valence-corrected chi connectivity index (χ1v) is 10.8. The van der Waals surface area contributed by atoms with Gasteiger partial charge in [0.15, 0.2) is 0 Å². The molecular weight excluding hydrogens is 450 g/mol. The molecule has 3 aromatic rings. The van der Waals surface area contributed by atoms with Crippen molar-refractivity contribution in [1.82, 2.24) is 10.2 Å². The summed E-state index contributed by atoms with van der Waals surface area (Å²) in [7, 11) is 1.61. The number of carbonyl (C=O) groups excluding carboxylic acids is 3. The first-order chi connectivity index (χ1) is 15.4. The van der Waals surface area contributed by atoms with E-state index in [1.165, 1.54) is 11.3 Å². The Balaban J connectivity index is 1.43. The molecule has 162 valence electrons. The van der Waals surface area contributed by atoms with Crippen LogP contribution < -0.4 is 15.4 Å². The van der Waals surface area contributed by atoms with Gasteiger partial charge in [0.1, 0.15) is 18.0 Å². The van der Waals surface area contributed by atoms with E-state index in [0.717, 1.165) is 26.0 Å². The second-order valence-electron chi connectivity index (χ2n) is 6.87. The molecule has 1 saturated heterocycles. The Labute approximate surface area is 193 Å². The molecule has 0 saturated carbocycles. The summed E-state index contributed by atoms with van der Waals surface area (Å²) in [5.74, 6) is -0.275. The number of anilines is 1. The summed E-state index contributed by atoms with van der Waals surface area (Å²) in [6.07, 6.45) is 1.61. The Kier molecular flexibility index (Phi) is 6.25. The summed E-state index contributed by atoms with van der Waals surface area (Å²) in [6.45, 7) is -0.397. The fraction of sp³-hybridized carbons (Fsp3) is 0.0870. The Morgan fingerprint density at radius 2 is 1.81 bits per heavy atom. The molecule has 1 aliphatic heterocycles. The van der Waals surface area contributed by atoms with Gasteiger partial charge >= 0.3 is 6.03 Å². The third-order valence-electron chi connectivity index (χ3n) is 4.68. The lowest BCUT2D eigenvalue weighted by Gasteiger charge is -2.11. The second kappa shape index (κ2) is 9.25. The van der Waals surface area contributed by atoms with Gasteiger partial charge in [-0.2, -0.15) is 0 Å². The van der Waals surface area contributed by atoms with Crippen LogP contribution in [0.3, 0.4) is 0 Å². The van der Waals surface area contributed by atoms with E-state index in [-0.39, 0.29) is 5.70 Å². The molecule has 4 amide bonds. The molecule has 0 unspecified atom stereocenters. The van der Waals surface area contributed by atoms with Crippen molar-refractivity contribution in [1.29, 1.82) is 0 Å². The van der Waals surface area contributed by atoms with Gasteiger partial charge in [-0.3, -0.25) is 9.59 Å². The number of thiophene rings is 1. The van der Waals surface area contributed by atoms with E-state index in [2.05, 4.69) is 10.6 Å². The van der Waals surface area contributed by atoms with Crippen LogP contribution in [0.15, 0.2) is 66.4 Å². The van der Waals surface area contributed by atoms with Crippen LogP contribution in [0.4, 0.5) is 10.5 Å². The van der Waals surface area contributed by atoms with Gasteiger partial charge in [0.25, 0.3) is 5.91 Å². The molecule has 1 aliphatic rings. The minimum atomic E-state index is -0.639. The summed E-state index contributed by atoms with van der Waals surface area (Å²) in [6, 6.07) is 17.4. The van der Waals surface area contributed by atoms with Gasteiger partial charge in [-0.1, -0.05) is 11.6 Å². The minimum absolute atomic E-state index is 0.123. The number of nitrogens with one attached hydrogen (secondary N) is 2. The summed E-state index contributed by atoms with van der Waals surface area (Å²) in [5.41, 5.74) is 1.66. The molecule has 0 radical (unpaired) electrons. The Morgan fingerprint density at radius 3 is 2.50 bits per heavy atom. The predicted molar refractivity (Wildman–Crippen MR) is 125 cm³/mol. The molecule has 0 bridgehead atoms. The van der Waals surface area contributed by atoms with Crippen molar-refractivity contribution >= 4 is 52.5 Å². The topological polar surface area (TPSA) is 87.7 Å². The van der Waals surface area contributed by atoms with Crippen molar-refractivity contribution in [2.75, 3.05) is 19.0 Å². The van der Waals surface area contributed by atoms with E-state index in [9.17, 15) is 14.4 Å². The monoisotopic (exact) mass is 467 g/mol.